The van der Waals surface area contributed by atoms with Crippen molar-refractivity contribution in [1.29, 1.82) is 0 Å². The van der Waals surface area contributed by atoms with Crippen molar-refractivity contribution in [2.24, 2.45) is 5.92 Å². The summed E-state index contributed by atoms with van der Waals surface area (Å²) in [5, 5.41) is 13.7. The fourth-order valence-electron chi connectivity index (χ4n) is 2.95. The molecular formula is C17H23Cl2NO3. The van der Waals surface area contributed by atoms with Crippen molar-refractivity contribution in [3.8, 4) is 0 Å². The summed E-state index contributed by atoms with van der Waals surface area (Å²) in [4.78, 5) is 11.9. The highest BCUT2D eigenvalue weighted by Gasteiger charge is 2.57. The Morgan fingerprint density at radius 3 is 2.57 bits per heavy atom. The first-order chi connectivity index (χ1) is 10.5. The lowest BCUT2D eigenvalue weighted by Gasteiger charge is -2.23. The number of ether oxygens (including phenoxy) is 1. The zero-order valence-electron chi connectivity index (χ0n) is 13.8. The number of hydrogen-bond donors (Lipinski definition) is 2. The molecule has 128 valence electrons. The van der Waals surface area contributed by atoms with Crippen LogP contribution >= 0.6 is 23.2 Å². The topological polar surface area (TPSA) is 58.6 Å². The summed E-state index contributed by atoms with van der Waals surface area (Å²) < 4.78 is 5.28. The van der Waals surface area contributed by atoms with Gasteiger partial charge in [-0.1, -0.05) is 29.3 Å². The Kier molecular flexibility index (Phi) is 5.19. The molecule has 23 heavy (non-hydrogen) atoms. The van der Waals surface area contributed by atoms with Crippen molar-refractivity contribution in [2.75, 3.05) is 6.54 Å². The molecule has 6 heteroatoms. The van der Waals surface area contributed by atoms with Gasteiger partial charge in [-0.05, 0) is 57.7 Å². The molecule has 4 nitrogen and oxygen atoms in total. The van der Waals surface area contributed by atoms with Gasteiger partial charge in [0.05, 0.1) is 16.1 Å². The number of benzene rings is 1. The van der Waals surface area contributed by atoms with Gasteiger partial charge in [0, 0.05) is 12.0 Å². The standard InChI is InChI=1S/C17H23Cl2NO3/c1-10(21)12-8-17(12,9-20-15(22)23-16(2,3)4)11-5-6-13(18)14(19)7-11/h5-7,10,12,21H,8-9H2,1-4H3,(H,20,22)/t10-,12?,17+/m1/s1. The van der Waals surface area contributed by atoms with Crippen LogP contribution in [0.5, 0.6) is 0 Å². The normalized spacial score (nSPS) is 24.9. The molecule has 1 aliphatic carbocycles. The molecule has 1 saturated carbocycles. The van der Waals surface area contributed by atoms with E-state index < -0.39 is 17.8 Å². The van der Waals surface area contributed by atoms with Crippen molar-refractivity contribution in [3.05, 3.63) is 33.8 Å². The molecule has 1 unspecified atom stereocenters. The van der Waals surface area contributed by atoms with Crippen LogP contribution in [0.1, 0.15) is 39.7 Å². The average Bonchev–Trinajstić information content (AvgIpc) is 3.14. The molecule has 2 rings (SSSR count). The van der Waals surface area contributed by atoms with Crippen molar-refractivity contribution in [1.82, 2.24) is 5.32 Å². The number of alkyl carbamates (subject to hydrolysis) is 1. The highest BCUT2D eigenvalue weighted by atomic mass is 35.5. The third-order valence-electron chi connectivity index (χ3n) is 4.16. The molecule has 2 N–H and O–H groups in total. The molecular weight excluding hydrogens is 337 g/mol. The van der Waals surface area contributed by atoms with Gasteiger partial charge >= 0.3 is 6.09 Å². The molecule has 0 heterocycles. The van der Waals surface area contributed by atoms with Gasteiger partial charge < -0.3 is 15.2 Å². The van der Waals surface area contributed by atoms with E-state index in [1.165, 1.54) is 0 Å². The van der Waals surface area contributed by atoms with Crippen LogP contribution in [0.3, 0.4) is 0 Å². The van der Waals surface area contributed by atoms with Gasteiger partial charge in [0.25, 0.3) is 0 Å². The first kappa shape index (κ1) is 18.4. The third-order valence-corrected chi connectivity index (χ3v) is 4.90. The minimum absolute atomic E-state index is 0.0645. The number of rotatable bonds is 4. The van der Waals surface area contributed by atoms with E-state index in [0.717, 1.165) is 12.0 Å². The van der Waals surface area contributed by atoms with Crippen molar-refractivity contribution < 1.29 is 14.6 Å². The monoisotopic (exact) mass is 359 g/mol. The maximum absolute atomic E-state index is 11.9. The number of amides is 1. The minimum Gasteiger partial charge on any atom is -0.444 e. The molecule has 0 bridgehead atoms. The predicted octanol–water partition coefficient (Wildman–Crippen LogP) is 4.16. The van der Waals surface area contributed by atoms with Gasteiger partial charge in [0.2, 0.25) is 0 Å². The largest absolute Gasteiger partial charge is 0.444 e. The first-order valence-electron chi connectivity index (χ1n) is 7.65. The number of carbonyl (C=O) groups excluding carboxylic acids is 1. The average molecular weight is 360 g/mol. The van der Waals surface area contributed by atoms with Crippen LogP contribution in [0.2, 0.25) is 10.0 Å². The molecule has 1 aromatic carbocycles. The number of nitrogens with one attached hydrogen (secondary N) is 1. The maximum atomic E-state index is 11.9. The van der Waals surface area contributed by atoms with Crippen LogP contribution in [-0.2, 0) is 10.2 Å². The molecule has 0 spiro atoms. The lowest BCUT2D eigenvalue weighted by molar-refractivity contribution is 0.0518. The second kappa shape index (κ2) is 6.50. The van der Waals surface area contributed by atoms with Gasteiger partial charge in [-0.25, -0.2) is 4.79 Å². The third kappa shape index (κ3) is 4.31. The summed E-state index contributed by atoms with van der Waals surface area (Å²) in [7, 11) is 0. The summed E-state index contributed by atoms with van der Waals surface area (Å²) in [5.41, 5.74) is 0.0849. The van der Waals surface area contributed by atoms with Crippen molar-refractivity contribution in [3.63, 3.8) is 0 Å². The summed E-state index contributed by atoms with van der Waals surface area (Å²) in [6, 6.07) is 5.45. The number of halogens is 2. The molecule has 3 atom stereocenters. The smallest absolute Gasteiger partial charge is 0.407 e. The molecule has 0 radical (unpaired) electrons. The van der Waals surface area contributed by atoms with Gasteiger partial charge in [0.15, 0.2) is 0 Å². The van der Waals surface area contributed by atoms with E-state index in [-0.39, 0.29) is 11.3 Å². The lowest BCUT2D eigenvalue weighted by atomic mass is 9.91. The second-order valence-corrected chi connectivity index (χ2v) is 8.01. The van der Waals surface area contributed by atoms with E-state index >= 15 is 0 Å². The van der Waals surface area contributed by atoms with Crippen molar-refractivity contribution >= 4 is 29.3 Å². The number of carbonyl (C=O) groups is 1. The zero-order chi connectivity index (χ0) is 17.4. The highest BCUT2D eigenvalue weighted by Crippen LogP contribution is 2.56. The summed E-state index contributed by atoms with van der Waals surface area (Å²) in [5.74, 6) is 0.0645. The van der Waals surface area contributed by atoms with Gasteiger partial charge in [-0.3, -0.25) is 0 Å². The van der Waals surface area contributed by atoms with Crippen LogP contribution in [-0.4, -0.2) is 29.4 Å². The minimum atomic E-state index is -0.548. The Hall–Kier alpha value is -0.970. The molecule has 0 aliphatic heterocycles. The maximum Gasteiger partial charge on any atom is 0.407 e. The summed E-state index contributed by atoms with van der Waals surface area (Å²) in [6.45, 7) is 7.60. The first-order valence-corrected chi connectivity index (χ1v) is 8.41. The predicted molar refractivity (Wildman–Crippen MR) is 92.2 cm³/mol. The Morgan fingerprint density at radius 2 is 2.09 bits per heavy atom. The van der Waals surface area contributed by atoms with E-state index in [2.05, 4.69) is 5.32 Å². The molecule has 1 aromatic rings. The van der Waals surface area contributed by atoms with E-state index in [1.807, 2.05) is 32.9 Å². The fourth-order valence-corrected chi connectivity index (χ4v) is 3.25. The summed E-state index contributed by atoms with van der Waals surface area (Å²) >= 11 is 12.1. The van der Waals surface area contributed by atoms with Crippen molar-refractivity contribution in [2.45, 2.75) is 51.2 Å². The van der Waals surface area contributed by atoms with E-state index in [0.29, 0.717) is 16.6 Å². The van der Waals surface area contributed by atoms with Crippen LogP contribution in [0.15, 0.2) is 18.2 Å². The van der Waals surface area contributed by atoms with Gasteiger partial charge in [-0.15, -0.1) is 0 Å². The van der Waals surface area contributed by atoms with E-state index in [4.69, 9.17) is 27.9 Å². The van der Waals surface area contributed by atoms with Crippen LogP contribution in [0.4, 0.5) is 4.79 Å². The Morgan fingerprint density at radius 1 is 1.43 bits per heavy atom. The SMILES string of the molecule is C[C@@H](O)C1C[C@]1(CNC(=O)OC(C)(C)C)c1ccc(Cl)c(Cl)c1. The number of hydrogen-bond acceptors (Lipinski definition) is 3. The molecule has 1 aliphatic rings. The van der Waals surface area contributed by atoms with Crippen LogP contribution in [0.25, 0.3) is 0 Å². The summed E-state index contributed by atoms with van der Waals surface area (Å²) in [6.07, 6.45) is -0.156. The lowest BCUT2D eigenvalue weighted by Crippen LogP contribution is -2.38. The number of aliphatic hydroxyl groups excluding tert-OH is 1. The van der Waals surface area contributed by atoms with E-state index in [1.54, 1.807) is 13.0 Å². The van der Waals surface area contributed by atoms with Gasteiger partial charge in [0.1, 0.15) is 5.60 Å². The molecule has 1 fully saturated rings. The molecule has 0 aromatic heterocycles. The van der Waals surface area contributed by atoms with Gasteiger partial charge in [-0.2, -0.15) is 0 Å². The van der Waals surface area contributed by atoms with Crippen LogP contribution < -0.4 is 5.32 Å². The zero-order valence-corrected chi connectivity index (χ0v) is 15.3. The Bertz CT molecular complexity index is 598. The van der Waals surface area contributed by atoms with Crippen LogP contribution in [0, 0.1) is 5.92 Å². The Balaban J connectivity index is 2.15. The van der Waals surface area contributed by atoms with E-state index in [9.17, 15) is 9.90 Å². The Labute approximate surface area is 147 Å². The quantitative estimate of drug-likeness (QED) is 0.848. The molecule has 1 amide bonds. The fraction of sp³-hybridized carbons (Fsp3) is 0.588. The molecule has 0 saturated heterocycles. The number of aliphatic hydroxyl groups is 1. The highest BCUT2D eigenvalue weighted by molar-refractivity contribution is 6.42. The second-order valence-electron chi connectivity index (χ2n) is 7.19.